The number of Topliss-reactive ketones (excluding diaryl/α,β-unsaturated/α-hetero) is 2. The second-order valence-electron chi connectivity index (χ2n) is 6.66. The smallest absolute Gasteiger partial charge is 0.305 e. The minimum atomic E-state index is -0.771. The average molecular weight is 428 g/mol. The van der Waals surface area contributed by atoms with Crippen molar-refractivity contribution in [2.75, 3.05) is 26.3 Å². The number of aliphatic hydroxyl groups is 1. The quantitative estimate of drug-likeness (QED) is 0.0853. The number of ketones is 2. The molecule has 0 unspecified atom stereocenters. The van der Waals surface area contributed by atoms with E-state index in [1.807, 2.05) is 0 Å². The predicted molar refractivity (Wildman–Crippen MR) is 106 cm³/mol. The maximum absolute atomic E-state index is 11.8. The number of aldehydes is 1. The lowest BCUT2D eigenvalue weighted by molar-refractivity contribution is -0.144. The summed E-state index contributed by atoms with van der Waals surface area (Å²) >= 11 is 0. The third-order valence-corrected chi connectivity index (χ3v) is 4.02. The number of rotatable bonds is 19. The van der Waals surface area contributed by atoms with Crippen LogP contribution >= 0.6 is 0 Å². The SMILES string of the molecule is O=CCC(=O)NCCNC(=O)CC(=O)C(=O)CCCCCOC(=O)CCCCCO. The molecule has 0 aliphatic rings. The van der Waals surface area contributed by atoms with Gasteiger partial charge in [-0.2, -0.15) is 0 Å². The van der Waals surface area contributed by atoms with Crippen LogP contribution in [-0.2, 0) is 33.5 Å². The molecular weight excluding hydrogens is 396 g/mol. The zero-order chi connectivity index (χ0) is 22.6. The number of carbonyl (C=O) groups is 6. The van der Waals surface area contributed by atoms with Crippen LogP contribution in [0.4, 0.5) is 0 Å². The van der Waals surface area contributed by atoms with E-state index in [0.717, 1.165) is 6.42 Å². The van der Waals surface area contributed by atoms with E-state index in [9.17, 15) is 28.8 Å². The largest absolute Gasteiger partial charge is 0.466 e. The van der Waals surface area contributed by atoms with Gasteiger partial charge in [-0.3, -0.25) is 24.0 Å². The van der Waals surface area contributed by atoms with Crippen molar-refractivity contribution in [3.8, 4) is 0 Å². The van der Waals surface area contributed by atoms with E-state index < -0.39 is 29.8 Å². The first-order valence-corrected chi connectivity index (χ1v) is 10.2. The van der Waals surface area contributed by atoms with Crippen LogP contribution < -0.4 is 10.6 Å². The number of esters is 1. The van der Waals surface area contributed by atoms with Gasteiger partial charge in [-0.1, -0.05) is 6.42 Å². The van der Waals surface area contributed by atoms with Crippen LogP contribution in [0, 0.1) is 0 Å². The van der Waals surface area contributed by atoms with Gasteiger partial charge in [0.2, 0.25) is 17.6 Å². The molecule has 2 amide bonds. The van der Waals surface area contributed by atoms with Crippen LogP contribution in [0.15, 0.2) is 0 Å². The van der Waals surface area contributed by atoms with Crippen LogP contribution in [0.25, 0.3) is 0 Å². The lowest BCUT2D eigenvalue weighted by atomic mass is 10.1. The van der Waals surface area contributed by atoms with Gasteiger partial charge in [0.15, 0.2) is 5.78 Å². The van der Waals surface area contributed by atoms with Gasteiger partial charge in [0.05, 0.1) is 19.4 Å². The Labute approximate surface area is 176 Å². The van der Waals surface area contributed by atoms with Crippen molar-refractivity contribution in [1.29, 1.82) is 0 Å². The van der Waals surface area contributed by atoms with E-state index in [2.05, 4.69) is 10.6 Å². The lowest BCUT2D eigenvalue weighted by Crippen LogP contribution is -2.36. The molecule has 10 heteroatoms. The highest BCUT2D eigenvalue weighted by Gasteiger charge is 2.17. The molecule has 30 heavy (non-hydrogen) atoms. The maximum atomic E-state index is 11.8. The van der Waals surface area contributed by atoms with Gasteiger partial charge in [0.25, 0.3) is 0 Å². The monoisotopic (exact) mass is 428 g/mol. The van der Waals surface area contributed by atoms with E-state index in [1.54, 1.807) is 0 Å². The van der Waals surface area contributed by atoms with Crippen LogP contribution in [0.1, 0.15) is 64.2 Å². The van der Waals surface area contributed by atoms with Gasteiger partial charge in [-0.05, 0) is 32.1 Å². The van der Waals surface area contributed by atoms with Crippen molar-refractivity contribution >= 4 is 35.6 Å². The summed E-state index contributed by atoms with van der Waals surface area (Å²) in [6.07, 6.45) is 3.80. The molecule has 0 radical (unpaired) electrons. The molecule has 0 rings (SSSR count). The highest BCUT2D eigenvalue weighted by Crippen LogP contribution is 2.05. The summed E-state index contributed by atoms with van der Waals surface area (Å²) in [6, 6.07) is 0. The van der Waals surface area contributed by atoms with Gasteiger partial charge >= 0.3 is 5.97 Å². The zero-order valence-corrected chi connectivity index (χ0v) is 17.3. The molecule has 0 fully saturated rings. The van der Waals surface area contributed by atoms with Crippen molar-refractivity contribution in [2.45, 2.75) is 64.2 Å². The summed E-state index contributed by atoms with van der Waals surface area (Å²) in [4.78, 5) is 67.7. The summed E-state index contributed by atoms with van der Waals surface area (Å²) in [7, 11) is 0. The molecule has 0 aromatic rings. The van der Waals surface area contributed by atoms with Gasteiger partial charge in [-0.25, -0.2) is 0 Å². The normalized spacial score (nSPS) is 10.2. The summed E-state index contributed by atoms with van der Waals surface area (Å²) in [5, 5.41) is 13.5. The molecule has 10 nitrogen and oxygen atoms in total. The Morgan fingerprint density at radius 2 is 1.40 bits per heavy atom. The summed E-state index contributed by atoms with van der Waals surface area (Å²) in [5.74, 6) is -2.74. The second-order valence-corrected chi connectivity index (χ2v) is 6.66. The van der Waals surface area contributed by atoms with Crippen molar-refractivity contribution < 1.29 is 38.6 Å². The van der Waals surface area contributed by atoms with E-state index >= 15 is 0 Å². The summed E-state index contributed by atoms with van der Waals surface area (Å²) in [6.45, 7) is 0.579. The molecule has 0 aromatic heterocycles. The fraction of sp³-hybridized carbons (Fsp3) is 0.700. The number of carbonyl (C=O) groups excluding carboxylic acids is 6. The Kier molecular flexibility index (Phi) is 16.8. The van der Waals surface area contributed by atoms with Crippen LogP contribution in [0.5, 0.6) is 0 Å². The van der Waals surface area contributed by atoms with Gasteiger partial charge in [-0.15, -0.1) is 0 Å². The van der Waals surface area contributed by atoms with Crippen LogP contribution in [0.3, 0.4) is 0 Å². The Morgan fingerprint density at radius 1 is 0.767 bits per heavy atom. The molecule has 0 atom stereocenters. The summed E-state index contributed by atoms with van der Waals surface area (Å²) in [5.41, 5.74) is 0. The molecule has 0 saturated heterocycles. The number of aliphatic hydroxyl groups excluding tert-OH is 1. The zero-order valence-electron chi connectivity index (χ0n) is 17.3. The number of nitrogens with one attached hydrogen (secondary N) is 2. The second kappa shape index (κ2) is 18.4. The first-order valence-electron chi connectivity index (χ1n) is 10.2. The highest BCUT2D eigenvalue weighted by molar-refractivity contribution is 6.40. The van der Waals surface area contributed by atoms with Gasteiger partial charge in [0.1, 0.15) is 6.29 Å². The van der Waals surface area contributed by atoms with Gasteiger partial charge in [0, 0.05) is 32.5 Å². The summed E-state index contributed by atoms with van der Waals surface area (Å²) < 4.78 is 5.05. The molecule has 170 valence electrons. The van der Waals surface area contributed by atoms with E-state index in [-0.39, 0.29) is 45.1 Å². The van der Waals surface area contributed by atoms with Crippen molar-refractivity contribution in [2.24, 2.45) is 0 Å². The Bertz CT molecular complexity index is 577. The van der Waals surface area contributed by atoms with E-state index in [1.165, 1.54) is 0 Å². The molecule has 0 spiro atoms. The minimum absolute atomic E-state index is 0.0307. The fourth-order valence-corrected chi connectivity index (χ4v) is 2.38. The molecular formula is C20H32N2O8. The Hall–Kier alpha value is -2.62. The van der Waals surface area contributed by atoms with Gasteiger partial charge < -0.3 is 25.3 Å². The predicted octanol–water partition coefficient (Wildman–Crippen LogP) is -0.00760. The van der Waals surface area contributed by atoms with Crippen molar-refractivity contribution in [1.82, 2.24) is 10.6 Å². The fourth-order valence-electron chi connectivity index (χ4n) is 2.38. The molecule has 3 N–H and O–H groups in total. The Morgan fingerprint density at radius 3 is 2.07 bits per heavy atom. The number of hydrogen-bond donors (Lipinski definition) is 3. The van der Waals surface area contributed by atoms with Crippen molar-refractivity contribution in [3.63, 3.8) is 0 Å². The molecule has 0 aliphatic heterocycles. The molecule has 0 bridgehead atoms. The Balaban J connectivity index is 3.70. The highest BCUT2D eigenvalue weighted by atomic mass is 16.5. The lowest BCUT2D eigenvalue weighted by Gasteiger charge is -2.06. The van der Waals surface area contributed by atoms with E-state index in [4.69, 9.17) is 9.84 Å². The van der Waals surface area contributed by atoms with E-state index in [0.29, 0.717) is 44.8 Å². The number of ether oxygens (including phenoxy) is 1. The average Bonchev–Trinajstić information content (AvgIpc) is 2.71. The third kappa shape index (κ3) is 16.3. The first kappa shape index (κ1) is 27.4. The molecule has 0 aliphatic carbocycles. The number of hydrogen-bond acceptors (Lipinski definition) is 8. The molecule has 0 heterocycles. The van der Waals surface area contributed by atoms with Crippen LogP contribution in [0.2, 0.25) is 0 Å². The van der Waals surface area contributed by atoms with Crippen molar-refractivity contribution in [3.05, 3.63) is 0 Å². The third-order valence-electron chi connectivity index (χ3n) is 4.02. The first-order chi connectivity index (χ1) is 14.4. The minimum Gasteiger partial charge on any atom is -0.466 e. The number of unbranched alkanes of at least 4 members (excludes halogenated alkanes) is 4. The molecule has 0 aromatic carbocycles. The maximum Gasteiger partial charge on any atom is 0.305 e. The molecule has 0 saturated carbocycles. The van der Waals surface area contributed by atoms with Crippen LogP contribution in [-0.4, -0.2) is 67.0 Å². The number of amides is 2. The standard InChI is InChI=1S/C20H32N2O8/c23-12-5-1-4-8-20(29)30-14-6-2-3-7-16(25)17(26)15-19(28)22-11-10-21-18(27)9-13-24/h13,23H,1-12,14-15H2,(H,21,27)(H,22,28). The topological polar surface area (TPSA) is 156 Å².